The first-order chi connectivity index (χ1) is 11.6. The standard InChI is InChI=1S/C20H22N4/c1-13-8-15-16-11-23(3)12-20(2)9-17(14-4-6-21-7-5-14)24(19(16)20)18(15)10-22-13/h4-8,10,17H,9,11-12H2,1-3H3. The molecule has 0 saturated heterocycles. The van der Waals surface area contributed by atoms with Gasteiger partial charge in [0, 0.05) is 47.7 Å². The van der Waals surface area contributed by atoms with E-state index in [-0.39, 0.29) is 5.41 Å². The van der Waals surface area contributed by atoms with Crippen molar-refractivity contribution in [1.82, 2.24) is 19.4 Å². The molecule has 0 spiro atoms. The van der Waals surface area contributed by atoms with Crippen molar-refractivity contribution in [3.8, 4) is 0 Å². The Balaban J connectivity index is 1.84. The molecule has 122 valence electrons. The summed E-state index contributed by atoms with van der Waals surface area (Å²) in [5, 5.41) is 1.38. The maximum absolute atomic E-state index is 4.60. The molecule has 3 aromatic rings. The Hall–Kier alpha value is -2.20. The molecule has 4 nitrogen and oxygen atoms in total. The zero-order chi connectivity index (χ0) is 16.5. The van der Waals surface area contributed by atoms with Crippen LogP contribution in [0.25, 0.3) is 10.9 Å². The number of fused-ring (bicyclic) bond motifs is 3. The summed E-state index contributed by atoms with van der Waals surface area (Å²) in [5.74, 6) is 0. The van der Waals surface area contributed by atoms with Gasteiger partial charge in [-0.15, -0.1) is 0 Å². The van der Waals surface area contributed by atoms with Crippen LogP contribution >= 0.6 is 0 Å². The van der Waals surface area contributed by atoms with Crippen LogP contribution in [0.1, 0.15) is 41.9 Å². The number of aromatic nitrogens is 3. The predicted molar refractivity (Wildman–Crippen MR) is 95.1 cm³/mol. The lowest BCUT2D eigenvalue weighted by molar-refractivity contribution is 0.223. The molecular weight excluding hydrogens is 296 g/mol. The highest BCUT2D eigenvalue weighted by molar-refractivity contribution is 5.87. The van der Waals surface area contributed by atoms with E-state index in [2.05, 4.69) is 64.7 Å². The first kappa shape index (κ1) is 14.2. The van der Waals surface area contributed by atoms with Crippen molar-refractivity contribution in [3.05, 3.63) is 59.3 Å². The minimum atomic E-state index is 0.198. The minimum absolute atomic E-state index is 0.198. The summed E-state index contributed by atoms with van der Waals surface area (Å²) in [5.41, 5.74) is 6.96. The van der Waals surface area contributed by atoms with E-state index in [0.717, 1.165) is 25.2 Å². The summed E-state index contributed by atoms with van der Waals surface area (Å²) in [6, 6.07) is 6.96. The number of hydrogen-bond acceptors (Lipinski definition) is 3. The van der Waals surface area contributed by atoms with Crippen LogP contribution in [0.5, 0.6) is 0 Å². The van der Waals surface area contributed by atoms with E-state index in [1.165, 1.54) is 27.7 Å². The Morgan fingerprint density at radius 2 is 2.04 bits per heavy atom. The van der Waals surface area contributed by atoms with Gasteiger partial charge in [-0.3, -0.25) is 9.97 Å². The Morgan fingerprint density at radius 1 is 1.25 bits per heavy atom. The van der Waals surface area contributed by atoms with Gasteiger partial charge in [0.25, 0.3) is 0 Å². The van der Waals surface area contributed by atoms with E-state index in [9.17, 15) is 0 Å². The molecule has 3 aromatic heterocycles. The molecule has 2 unspecified atom stereocenters. The van der Waals surface area contributed by atoms with Crippen LogP contribution in [0.2, 0.25) is 0 Å². The average molecular weight is 318 g/mol. The molecule has 0 saturated carbocycles. The van der Waals surface area contributed by atoms with Crippen molar-refractivity contribution in [3.63, 3.8) is 0 Å². The summed E-state index contributed by atoms with van der Waals surface area (Å²) in [6.45, 7) is 6.66. The summed E-state index contributed by atoms with van der Waals surface area (Å²) in [4.78, 5) is 11.3. The van der Waals surface area contributed by atoms with Gasteiger partial charge in [0.2, 0.25) is 0 Å². The number of aryl methyl sites for hydroxylation is 1. The second-order valence-electron chi connectivity index (χ2n) is 7.77. The van der Waals surface area contributed by atoms with Gasteiger partial charge in [-0.25, -0.2) is 0 Å². The zero-order valence-electron chi connectivity index (χ0n) is 14.5. The van der Waals surface area contributed by atoms with E-state index in [1.807, 2.05) is 12.4 Å². The molecule has 0 aromatic carbocycles. The molecule has 0 bridgehead atoms. The largest absolute Gasteiger partial charge is 0.335 e. The highest BCUT2D eigenvalue weighted by atomic mass is 15.2. The van der Waals surface area contributed by atoms with Crippen molar-refractivity contribution in [1.29, 1.82) is 0 Å². The number of likely N-dealkylation sites (N-methyl/N-ethyl adjacent to an activating group) is 1. The first-order valence-corrected chi connectivity index (χ1v) is 8.65. The molecule has 0 fully saturated rings. The third kappa shape index (κ3) is 1.77. The van der Waals surface area contributed by atoms with Crippen LogP contribution in [-0.4, -0.2) is 33.0 Å². The molecule has 24 heavy (non-hydrogen) atoms. The molecule has 5 rings (SSSR count). The third-order valence-electron chi connectivity index (χ3n) is 5.80. The molecule has 0 amide bonds. The Labute approximate surface area is 142 Å². The van der Waals surface area contributed by atoms with Crippen molar-refractivity contribution >= 4 is 10.9 Å². The highest BCUT2D eigenvalue weighted by Crippen LogP contribution is 2.52. The molecule has 5 heterocycles. The van der Waals surface area contributed by atoms with Crippen LogP contribution in [0.15, 0.2) is 36.8 Å². The summed E-state index contributed by atoms with van der Waals surface area (Å²) in [6.07, 6.45) is 7.04. The Bertz CT molecular complexity index is 943. The lowest BCUT2D eigenvalue weighted by atomic mass is 9.78. The summed E-state index contributed by atoms with van der Waals surface area (Å²) in [7, 11) is 2.24. The van der Waals surface area contributed by atoms with Gasteiger partial charge in [-0.1, -0.05) is 6.92 Å². The summed E-state index contributed by atoms with van der Waals surface area (Å²) < 4.78 is 2.57. The van der Waals surface area contributed by atoms with E-state index in [1.54, 1.807) is 0 Å². The second kappa shape index (κ2) is 4.67. The van der Waals surface area contributed by atoms with Gasteiger partial charge in [0.05, 0.1) is 17.8 Å². The smallest absolute Gasteiger partial charge is 0.0678 e. The topological polar surface area (TPSA) is 34.0 Å². The molecule has 4 heteroatoms. The molecule has 2 aliphatic rings. The van der Waals surface area contributed by atoms with Gasteiger partial charge in [-0.2, -0.15) is 0 Å². The van der Waals surface area contributed by atoms with Gasteiger partial charge in [0.15, 0.2) is 0 Å². The van der Waals surface area contributed by atoms with Crippen molar-refractivity contribution in [2.75, 3.05) is 13.6 Å². The molecule has 2 aliphatic heterocycles. The molecular formula is C20H22N4. The van der Waals surface area contributed by atoms with Crippen LogP contribution < -0.4 is 0 Å². The molecule has 0 aliphatic carbocycles. The minimum Gasteiger partial charge on any atom is -0.335 e. The molecule has 0 N–H and O–H groups in total. The van der Waals surface area contributed by atoms with Gasteiger partial charge >= 0.3 is 0 Å². The first-order valence-electron chi connectivity index (χ1n) is 8.65. The Kier molecular flexibility index (Phi) is 2.76. The van der Waals surface area contributed by atoms with Crippen LogP contribution in [0.3, 0.4) is 0 Å². The maximum atomic E-state index is 4.60. The van der Waals surface area contributed by atoms with Gasteiger partial charge < -0.3 is 9.47 Å². The van der Waals surface area contributed by atoms with Crippen LogP contribution in [-0.2, 0) is 12.0 Å². The normalized spacial score (nSPS) is 26.0. The monoisotopic (exact) mass is 318 g/mol. The predicted octanol–water partition coefficient (Wildman–Crippen LogP) is 3.44. The van der Waals surface area contributed by atoms with Gasteiger partial charge in [-0.05, 0) is 49.7 Å². The van der Waals surface area contributed by atoms with Crippen LogP contribution in [0.4, 0.5) is 0 Å². The lowest BCUT2D eigenvalue weighted by Crippen LogP contribution is -2.40. The van der Waals surface area contributed by atoms with E-state index in [4.69, 9.17) is 0 Å². The molecule has 0 radical (unpaired) electrons. The lowest BCUT2D eigenvalue weighted by Gasteiger charge is -2.36. The van der Waals surface area contributed by atoms with E-state index in [0.29, 0.717) is 6.04 Å². The third-order valence-corrected chi connectivity index (χ3v) is 5.80. The van der Waals surface area contributed by atoms with E-state index >= 15 is 0 Å². The average Bonchev–Trinajstić information content (AvgIpc) is 3.04. The number of nitrogens with zero attached hydrogens (tertiary/aromatic N) is 4. The zero-order valence-corrected chi connectivity index (χ0v) is 14.5. The van der Waals surface area contributed by atoms with Gasteiger partial charge in [0.1, 0.15) is 0 Å². The number of hydrogen-bond donors (Lipinski definition) is 0. The highest BCUT2D eigenvalue weighted by Gasteiger charge is 2.47. The fraction of sp³-hybridized carbons (Fsp3) is 0.400. The van der Waals surface area contributed by atoms with Crippen molar-refractivity contribution < 1.29 is 0 Å². The fourth-order valence-corrected chi connectivity index (χ4v) is 5.05. The fourth-order valence-electron chi connectivity index (χ4n) is 5.05. The Morgan fingerprint density at radius 3 is 2.83 bits per heavy atom. The maximum Gasteiger partial charge on any atom is 0.0678 e. The number of rotatable bonds is 1. The SMILES string of the molecule is Cc1cc2c3c4n(c2cn1)C(c1ccncc1)CC4(C)CN(C)C3. The quantitative estimate of drug-likeness (QED) is 0.689. The van der Waals surface area contributed by atoms with Crippen LogP contribution in [0, 0.1) is 6.92 Å². The van der Waals surface area contributed by atoms with Crippen molar-refractivity contribution in [2.24, 2.45) is 0 Å². The summed E-state index contributed by atoms with van der Waals surface area (Å²) >= 11 is 0. The molecule has 2 atom stereocenters. The number of pyridine rings is 2. The van der Waals surface area contributed by atoms with Crippen molar-refractivity contribution in [2.45, 2.75) is 38.3 Å². The second-order valence-corrected chi connectivity index (χ2v) is 7.77. The van der Waals surface area contributed by atoms with E-state index < -0.39 is 0 Å².